The Bertz CT molecular complexity index is 328. The molecule has 0 saturated carbocycles. The summed E-state index contributed by atoms with van der Waals surface area (Å²) in [5.74, 6) is 3.82. The van der Waals surface area contributed by atoms with E-state index in [0.29, 0.717) is 0 Å². The molecule has 0 saturated heterocycles. The standard InChI is InChI=1S/C8H9FN2O2/c1-13-8(12)5-3-2-4-6(9)7(5)11-10/h2-4,11H,10H2,1H3. The molecule has 0 atom stereocenters. The van der Waals surface area contributed by atoms with Crippen LogP contribution in [0.25, 0.3) is 0 Å². The number of benzene rings is 1. The van der Waals surface area contributed by atoms with Crippen LogP contribution in [0.2, 0.25) is 0 Å². The highest BCUT2D eigenvalue weighted by atomic mass is 19.1. The summed E-state index contributed by atoms with van der Waals surface area (Å²) < 4.78 is 17.4. The minimum atomic E-state index is -0.632. The number of nitrogen functional groups attached to an aromatic ring is 1. The van der Waals surface area contributed by atoms with Crippen LogP contribution in [0.4, 0.5) is 10.1 Å². The summed E-state index contributed by atoms with van der Waals surface area (Å²) >= 11 is 0. The van der Waals surface area contributed by atoms with Gasteiger partial charge in [-0.15, -0.1) is 0 Å². The van der Waals surface area contributed by atoms with Gasteiger partial charge in [-0.25, -0.2) is 9.18 Å². The second kappa shape index (κ2) is 3.86. The van der Waals surface area contributed by atoms with E-state index in [4.69, 9.17) is 5.84 Å². The Morgan fingerprint density at radius 1 is 1.62 bits per heavy atom. The lowest BCUT2D eigenvalue weighted by atomic mass is 10.2. The molecule has 1 aromatic rings. The van der Waals surface area contributed by atoms with Gasteiger partial charge < -0.3 is 10.2 Å². The number of para-hydroxylation sites is 1. The molecule has 0 aliphatic rings. The first kappa shape index (κ1) is 9.47. The van der Waals surface area contributed by atoms with Gasteiger partial charge in [-0.3, -0.25) is 5.84 Å². The molecule has 0 heterocycles. The zero-order chi connectivity index (χ0) is 9.84. The van der Waals surface area contributed by atoms with Crippen molar-refractivity contribution in [1.82, 2.24) is 0 Å². The number of carbonyl (C=O) groups excluding carboxylic acids is 1. The summed E-state index contributed by atoms with van der Waals surface area (Å²) in [6.45, 7) is 0. The minimum Gasteiger partial charge on any atom is -0.465 e. The zero-order valence-corrected chi connectivity index (χ0v) is 7.00. The van der Waals surface area contributed by atoms with E-state index in [0.717, 1.165) is 0 Å². The van der Waals surface area contributed by atoms with E-state index in [-0.39, 0.29) is 11.3 Å². The van der Waals surface area contributed by atoms with Crippen LogP contribution in [0.15, 0.2) is 18.2 Å². The van der Waals surface area contributed by atoms with E-state index in [2.05, 4.69) is 10.2 Å². The van der Waals surface area contributed by atoms with E-state index >= 15 is 0 Å². The van der Waals surface area contributed by atoms with Crippen molar-refractivity contribution in [1.29, 1.82) is 0 Å². The second-order valence-electron chi connectivity index (χ2n) is 2.30. The molecule has 70 valence electrons. The first-order valence-electron chi connectivity index (χ1n) is 3.54. The summed E-state index contributed by atoms with van der Waals surface area (Å²) in [4.78, 5) is 11.1. The fraction of sp³-hybridized carbons (Fsp3) is 0.125. The van der Waals surface area contributed by atoms with Crippen molar-refractivity contribution in [2.45, 2.75) is 0 Å². The molecule has 1 rings (SSSR count). The van der Waals surface area contributed by atoms with Gasteiger partial charge in [0.2, 0.25) is 0 Å². The van der Waals surface area contributed by atoms with Crippen molar-refractivity contribution in [2.24, 2.45) is 5.84 Å². The monoisotopic (exact) mass is 184 g/mol. The zero-order valence-electron chi connectivity index (χ0n) is 7.00. The lowest BCUT2D eigenvalue weighted by molar-refractivity contribution is 0.0601. The third-order valence-electron chi connectivity index (χ3n) is 1.56. The number of ether oxygens (including phenoxy) is 1. The highest BCUT2D eigenvalue weighted by Gasteiger charge is 2.13. The third kappa shape index (κ3) is 1.75. The van der Waals surface area contributed by atoms with Gasteiger partial charge in [0.1, 0.15) is 5.82 Å². The van der Waals surface area contributed by atoms with Crippen LogP contribution in [0.1, 0.15) is 10.4 Å². The predicted octanol–water partition coefficient (Wildman–Crippen LogP) is 0.898. The number of nitrogens with one attached hydrogen (secondary N) is 1. The predicted molar refractivity (Wildman–Crippen MR) is 45.5 cm³/mol. The first-order valence-corrected chi connectivity index (χ1v) is 3.54. The quantitative estimate of drug-likeness (QED) is 0.407. The molecule has 0 radical (unpaired) electrons. The molecule has 4 nitrogen and oxygen atoms in total. The highest BCUT2D eigenvalue weighted by Crippen LogP contribution is 2.18. The summed E-state index contributed by atoms with van der Waals surface area (Å²) in [6.07, 6.45) is 0. The van der Waals surface area contributed by atoms with Crippen LogP contribution < -0.4 is 11.3 Å². The van der Waals surface area contributed by atoms with Gasteiger partial charge in [-0.05, 0) is 12.1 Å². The van der Waals surface area contributed by atoms with E-state index in [9.17, 15) is 9.18 Å². The normalized spacial score (nSPS) is 9.46. The van der Waals surface area contributed by atoms with Crippen molar-refractivity contribution < 1.29 is 13.9 Å². The number of carbonyl (C=O) groups is 1. The van der Waals surface area contributed by atoms with Crippen LogP contribution in [-0.2, 0) is 4.74 Å². The van der Waals surface area contributed by atoms with Gasteiger partial charge in [0.25, 0.3) is 0 Å². The molecule has 3 N–H and O–H groups in total. The van der Waals surface area contributed by atoms with Gasteiger partial charge in [-0.2, -0.15) is 0 Å². The summed E-state index contributed by atoms with van der Waals surface area (Å²) in [5.41, 5.74) is 2.12. The number of hydrogen-bond acceptors (Lipinski definition) is 4. The van der Waals surface area contributed by atoms with Gasteiger partial charge in [0, 0.05) is 0 Å². The van der Waals surface area contributed by atoms with Gasteiger partial charge in [0.05, 0.1) is 18.4 Å². The van der Waals surface area contributed by atoms with E-state index < -0.39 is 11.8 Å². The van der Waals surface area contributed by atoms with Crippen molar-refractivity contribution in [3.05, 3.63) is 29.6 Å². The van der Waals surface area contributed by atoms with Crippen LogP contribution in [0.5, 0.6) is 0 Å². The lowest BCUT2D eigenvalue weighted by Gasteiger charge is -2.06. The summed E-state index contributed by atoms with van der Waals surface area (Å²) in [5, 5.41) is 0. The third-order valence-corrected chi connectivity index (χ3v) is 1.56. The molecule has 5 heteroatoms. The molecule has 1 aromatic carbocycles. The average molecular weight is 184 g/mol. The summed E-state index contributed by atoms with van der Waals surface area (Å²) in [7, 11) is 1.22. The topological polar surface area (TPSA) is 64.3 Å². The molecule has 0 aliphatic heterocycles. The fourth-order valence-corrected chi connectivity index (χ4v) is 0.951. The van der Waals surface area contributed by atoms with Crippen LogP contribution in [-0.4, -0.2) is 13.1 Å². The number of nitrogens with two attached hydrogens (primary N) is 1. The summed E-state index contributed by atoms with van der Waals surface area (Å²) in [6, 6.07) is 4.02. The highest BCUT2D eigenvalue weighted by molar-refractivity contribution is 5.95. The van der Waals surface area contributed by atoms with Crippen molar-refractivity contribution >= 4 is 11.7 Å². The van der Waals surface area contributed by atoms with E-state index in [1.54, 1.807) is 0 Å². The Morgan fingerprint density at radius 2 is 2.31 bits per heavy atom. The largest absolute Gasteiger partial charge is 0.465 e. The van der Waals surface area contributed by atoms with Gasteiger partial charge >= 0.3 is 5.97 Å². The number of anilines is 1. The molecule has 0 aliphatic carbocycles. The van der Waals surface area contributed by atoms with Gasteiger partial charge in [0.15, 0.2) is 0 Å². The smallest absolute Gasteiger partial charge is 0.340 e. The Hall–Kier alpha value is -1.62. The minimum absolute atomic E-state index is 0.0608. The Labute approximate surface area is 74.5 Å². The maximum atomic E-state index is 13.0. The number of rotatable bonds is 2. The number of esters is 1. The molecule has 0 spiro atoms. The Balaban J connectivity index is 3.20. The number of hydrogen-bond donors (Lipinski definition) is 2. The molecule has 0 fully saturated rings. The van der Waals surface area contributed by atoms with Gasteiger partial charge in [-0.1, -0.05) is 6.07 Å². The van der Waals surface area contributed by atoms with E-state index in [1.807, 2.05) is 0 Å². The lowest BCUT2D eigenvalue weighted by Crippen LogP contribution is -2.14. The molecule has 0 aromatic heterocycles. The molecule has 13 heavy (non-hydrogen) atoms. The van der Waals surface area contributed by atoms with Crippen LogP contribution in [0, 0.1) is 5.82 Å². The van der Waals surface area contributed by atoms with Crippen LogP contribution >= 0.6 is 0 Å². The maximum Gasteiger partial charge on any atom is 0.340 e. The van der Waals surface area contributed by atoms with Crippen molar-refractivity contribution in [2.75, 3.05) is 12.5 Å². The average Bonchev–Trinajstić information content (AvgIpc) is 2.16. The fourth-order valence-electron chi connectivity index (χ4n) is 0.951. The molecule has 0 amide bonds. The SMILES string of the molecule is COC(=O)c1cccc(F)c1NN. The number of methoxy groups -OCH3 is 1. The molecule has 0 bridgehead atoms. The Kier molecular flexibility index (Phi) is 2.81. The molecular formula is C8H9FN2O2. The van der Waals surface area contributed by atoms with Crippen molar-refractivity contribution in [3.8, 4) is 0 Å². The number of halogens is 1. The Morgan fingerprint density at radius 3 is 2.85 bits per heavy atom. The number of hydrazine groups is 1. The molecular weight excluding hydrogens is 175 g/mol. The first-order chi connectivity index (χ1) is 6.20. The van der Waals surface area contributed by atoms with Crippen LogP contribution in [0.3, 0.4) is 0 Å². The maximum absolute atomic E-state index is 13.0. The second-order valence-corrected chi connectivity index (χ2v) is 2.30. The van der Waals surface area contributed by atoms with Crippen molar-refractivity contribution in [3.63, 3.8) is 0 Å². The molecule has 0 unspecified atom stereocenters. The van der Waals surface area contributed by atoms with E-state index in [1.165, 1.54) is 25.3 Å².